The molecule has 0 saturated carbocycles. The minimum Gasteiger partial charge on any atom is -0.449 e. The molecule has 2 rings (SSSR count). The quantitative estimate of drug-likeness (QED) is 0.422. The molecule has 28 heavy (non-hydrogen) atoms. The van der Waals surface area contributed by atoms with Gasteiger partial charge < -0.3 is 10.1 Å². The maximum absolute atomic E-state index is 13.7. The van der Waals surface area contributed by atoms with Gasteiger partial charge in [0.25, 0.3) is 5.91 Å². The van der Waals surface area contributed by atoms with E-state index >= 15 is 0 Å². The third-order valence-electron chi connectivity index (χ3n) is 3.64. The monoisotopic (exact) mass is 410 g/mol. The molecule has 0 unspecified atom stereocenters. The molecule has 0 radical (unpaired) electrons. The first-order chi connectivity index (χ1) is 13.2. The zero-order chi connectivity index (χ0) is 20.8. The van der Waals surface area contributed by atoms with Crippen molar-refractivity contribution < 1.29 is 28.0 Å². The van der Waals surface area contributed by atoms with Crippen LogP contribution >= 0.6 is 11.8 Å². The van der Waals surface area contributed by atoms with Crippen molar-refractivity contribution in [3.8, 4) is 0 Å². The lowest BCUT2D eigenvalue weighted by molar-refractivity contribution is -0.387. The smallest absolute Gasteiger partial charge is 0.338 e. The Labute approximate surface area is 163 Å². The highest BCUT2D eigenvalue weighted by Crippen LogP contribution is 2.22. The van der Waals surface area contributed by atoms with Gasteiger partial charge in [-0.3, -0.25) is 14.9 Å². The predicted molar refractivity (Wildman–Crippen MR) is 100 cm³/mol. The Morgan fingerprint density at radius 3 is 2.54 bits per heavy atom. The summed E-state index contributed by atoms with van der Waals surface area (Å²) in [4.78, 5) is 34.2. The van der Waals surface area contributed by atoms with Crippen molar-refractivity contribution in [3.63, 3.8) is 0 Å². The standard InChI is InChI=1S/C18H16F2N2O5S/c1-10(17(23)21-13-4-6-15(20)16(8-13)22(25)26)27-18(24)11-3-5-14(19)12(7-11)9-28-2/h3-8,10H,9H2,1-2H3,(H,21,23)/t10-/m1/s1. The van der Waals surface area contributed by atoms with E-state index in [1.807, 2.05) is 0 Å². The number of amides is 1. The molecule has 0 saturated heterocycles. The summed E-state index contributed by atoms with van der Waals surface area (Å²) in [7, 11) is 0. The SMILES string of the molecule is CSCc1cc(C(=O)O[C@H](C)C(=O)Nc2ccc(F)c([N+](=O)[O-])c2)ccc1F. The van der Waals surface area contributed by atoms with Crippen LogP contribution in [0.5, 0.6) is 0 Å². The third kappa shape index (κ3) is 5.26. The number of nitrogens with one attached hydrogen (secondary N) is 1. The highest BCUT2D eigenvalue weighted by molar-refractivity contribution is 7.97. The molecule has 0 fully saturated rings. The molecule has 0 aromatic heterocycles. The van der Waals surface area contributed by atoms with Gasteiger partial charge in [-0.05, 0) is 49.1 Å². The summed E-state index contributed by atoms with van der Waals surface area (Å²) >= 11 is 1.38. The summed E-state index contributed by atoms with van der Waals surface area (Å²) in [5.41, 5.74) is -0.402. The van der Waals surface area contributed by atoms with Crippen LogP contribution in [0, 0.1) is 21.7 Å². The van der Waals surface area contributed by atoms with E-state index in [9.17, 15) is 28.5 Å². The second kappa shape index (κ2) is 9.27. The molecule has 1 N–H and O–H groups in total. The van der Waals surface area contributed by atoms with Gasteiger partial charge >= 0.3 is 11.7 Å². The Morgan fingerprint density at radius 1 is 1.21 bits per heavy atom. The van der Waals surface area contributed by atoms with Gasteiger partial charge in [-0.25, -0.2) is 9.18 Å². The summed E-state index contributed by atoms with van der Waals surface area (Å²) in [6, 6.07) is 6.58. The van der Waals surface area contributed by atoms with Gasteiger partial charge in [-0.15, -0.1) is 0 Å². The average Bonchev–Trinajstić information content (AvgIpc) is 2.64. The highest BCUT2D eigenvalue weighted by atomic mass is 32.2. The number of ether oxygens (including phenoxy) is 1. The van der Waals surface area contributed by atoms with Gasteiger partial charge in [0.2, 0.25) is 5.82 Å². The minimum atomic E-state index is -1.24. The largest absolute Gasteiger partial charge is 0.449 e. The van der Waals surface area contributed by atoms with Crippen molar-refractivity contribution >= 4 is 35.0 Å². The van der Waals surface area contributed by atoms with Crippen molar-refractivity contribution in [2.45, 2.75) is 18.8 Å². The number of benzene rings is 2. The predicted octanol–water partition coefficient (Wildman–Crippen LogP) is 3.92. The van der Waals surface area contributed by atoms with Gasteiger partial charge in [-0.2, -0.15) is 16.2 Å². The number of thioether (sulfide) groups is 1. The van der Waals surface area contributed by atoms with Crippen molar-refractivity contribution in [1.82, 2.24) is 0 Å². The lowest BCUT2D eigenvalue weighted by atomic mass is 10.1. The zero-order valence-corrected chi connectivity index (χ0v) is 15.7. The fourth-order valence-corrected chi connectivity index (χ4v) is 2.76. The number of nitro groups is 1. The summed E-state index contributed by atoms with van der Waals surface area (Å²) in [5, 5.41) is 13.1. The zero-order valence-electron chi connectivity index (χ0n) is 14.9. The second-order valence-corrected chi connectivity index (χ2v) is 6.57. The number of rotatable bonds is 7. The molecule has 0 aliphatic carbocycles. The molecule has 0 bridgehead atoms. The first kappa shape index (κ1) is 21.3. The maximum Gasteiger partial charge on any atom is 0.338 e. The van der Waals surface area contributed by atoms with Crippen LogP contribution in [0.15, 0.2) is 36.4 Å². The van der Waals surface area contributed by atoms with Crippen LogP contribution in [0.25, 0.3) is 0 Å². The second-order valence-electron chi connectivity index (χ2n) is 5.70. The molecule has 0 heterocycles. The molecule has 148 valence electrons. The number of hydrogen-bond acceptors (Lipinski definition) is 6. The molecular formula is C18H16F2N2O5S. The van der Waals surface area contributed by atoms with E-state index in [4.69, 9.17) is 4.74 Å². The Morgan fingerprint density at radius 2 is 1.89 bits per heavy atom. The summed E-state index contributed by atoms with van der Waals surface area (Å²) in [6.45, 7) is 1.30. The van der Waals surface area contributed by atoms with E-state index in [0.29, 0.717) is 11.3 Å². The Balaban J connectivity index is 2.06. The Hall–Kier alpha value is -3.01. The summed E-state index contributed by atoms with van der Waals surface area (Å²) in [6.07, 6.45) is 0.544. The van der Waals surface area contributed by atoms with Crippen LogP contribution in [-0.2, 0) is 15.3 Å². The van der Waals surface area contributed by atoms with Crippen LogP contribution in [0.3, 0.4) is 0 Å². The minimum absolute atomic E-state index is 0.0231. The third-order valence-corrected chi connectivity index (χ3v) is 4.24. The lowest BCUT2D eigenvalue weighted by Crippen LogP contribution is -2.30. The van der Waals surface area contributed by atoms with E-state index in [2.05, 4.69) is 5.32 Å². The molecule has 0 aliphatic rings. The first-order valence-electron chi connectivity index (χ1n) is 7.96. The van der Waals surface area contributed by atoms with Crippen molar-refractivity contribution in [3.05, 3.63) is 69.3 Å². The molecule has 1 atom stereocenters. The maximum atomic E-state index is 13.7. The van der Waals surface area contributed by atoms with Crippen LogP contribution in [0.2, 0.25) is 0 Å². The number of anilines is 1. The van der Waals surface area contributed by atoms with Gasteiger partial charge in [-0.1, -0.05) is 0 Å². The Bertz CT molecular complexity index is 923. The fraction of sp³-hybridized carbons (Fsp3) is 0.222. The lowest BCUT2D eigenvalue weighted by Gasteiger charge is -2.14. The molecule has 7 nitrogen and oxygen atoms in total. The molecular weight excluding hydrogens is 394 g/mol. The molecule has 2 aromatic carbocycles. The van der Waals surface area contributed by atoms with Gasteiger partial charge in [0.15, 0.2) is 6.10 Å². The number of carbonyl (C=O) groups excluding carboxylic acids is 2. The van der Waals surface area contributed by atoms with E-state index in [-0.39, 0.29) is 11.3 Å². The van der Waals surface area contributed by atoms with Crippen molar-refractivity contribution in [2.24, 2.45) is 0 Å². The molecule has 0 aliphatic heterocycles. The van der Waals surface area contributed by atoms with Crippen LogP contribution < -0.4 is 5.32 Å². The van der Waals surface area contributed by atoms with E-state index in [0.717, 1.165) is 24.3 Å². The van der Waals surface area contributed by atoms with Crippen molar-refractivity contribution in [1.29, 1.82) is 0 Å². The van der Waals surface area contributed by atoms with Crippen LogP contribution in [0.4, 0.5) is 20.2 Å². The topological polar surface area (TPSA) is 98.5 Å². The molecule has 1 amide bonds. The Kier molecular flexibility index (Phi) is 7.05. The van der Waals surface area contributed by atoms with Gasteiger partial charge in [0.1, 0.15) is 5.82 Å². The van der Waals surface area contributed by atoms with E-state index < -0.39 is 40.2 Å². The highest BCUT2D eigenvalue weighted by Gasteiger charge is 2.21. The van der Waals surface area contributed by atoms with Gasteiger partial charge in [0.05, 0.1) is 10.5 Å². The summed E-state index contributed by atoms with van der Waals surface area (Å²) < 4.78 is 32.1. The number of nitrogens with zero attached hydrogens (tertiary/aromatic N) is 1. The van der Waals surface area contributed by atoms with Crippen molar-refractivity contribution in [2.75, 3.05) is 11.6 Å². The van der Waals surface area contributed by atoms with Crippen LogP contribution in [-0.4, -0.2) is 29.2 Å². The molecule has 10 heteroatoms. The van der Waals surface area contributed by atoms with E-state index in [1.165, 1.54) is 30.8 Å². The number of hydrogen-bond donors (Lipinski definition) is 1. The summed E-state index contributed by atoms with van der Waals surface area (Å²) in [5.74, 6) is -2.71. The molecule has 2 aromatic rings. The number of carbonyl (C=O) groups is 2. The first-order valence-corrected chi connectivity index (χ1v) is 9.35. The van der Waals surface area contributed by atoms with Gasteiger partial charge in [0, 0.05) is 17.5 Å². The van der Waals surface area contributed by atoms with Crippen LogP contribution in [0.1, 0.15) is 22.8 Å². The number of esters is 1. The average molecular weight is 410 g/mol. The van der Waals surface area contributed by atoms with E-state index in [1.54, 1.807) is 6.26 Å². The molecule has 0 spiro atoms. The number of halogens is 2. The normalized spacial score (nSPS) is 11.6. The number of nitro benzene ring substituents is 1. The fourth-order valence-electron chi connectivity index (χ4n) is 2.22.